The Labute approximate surface area is 112 Å². The molecule has 1 atom stereocenters. The van der Waals surface area contributed by atoms with Gasteiger partial charge in [0.2, 0.25) is 0 Å². The van der Waals surface area contributed by atoms with E-state index in [-0.39, 0.29) is 18.2 Å². The number of aliphatic hydroxyl groups is 1. The minimum Gasteiger partial charge on any atom is -0.478 e. The Morgan fingerprint density at radius 3 is 2.84 bits per heavy atom. The van der Waals surface area contributed by atoms with Gasteiger partial charge in [0.1, 0.15) is 11.4 Å². The molecule has 1 aromatic rings. The molecule has 19 heavy (non-hydrogen) atoms. The van der Waals surface area contributed by atoms with E-state index in [0.717, 1.165) is 37.1 Å². The fourth-order valence-corrected chi connectivity index (χ4v) is 2.76. The SMILES string of the molecule is Cc1cc(C)c(C(=O)O)c(N2CCCCC2CO)n1. The maximum atomic E-state index is 11.5. The number of hydrogen-bond acceptors (Lipinski definition) is 4. The third-order valence-corrected chi connectivity index (χ3v) is 3.65. The molecule has 1 aromatic heterocycles. The van der Waals surface area contributed by atoms with Crippen molar-refractivity contribution in [3.63, 3.8) is 0 Å². The van der Waals surface area contributed by atoms with Gasteiger partial charge in [-0.15, -0.1) is 0 Å². The van der Waals surface area contributed by atoms with Crippen LogP contribution >= 0.6 is 0 Å². The number of aromatic carboxylic acids is 1. The van der Waals surface area contributed by atoms with Gasteiger partial charge in [-0.1, -0.05) is 0 Å². The molecule has 0 radical (unpaired) electrons. The van der Waals surface area contributed by atoms with Crippen LogP contribution in [-0.2, 0) is 0 Å². The van der Waals surface area contributed by atoms with Gasteiger partial charge < -0.3 is 15.1 Å². The van der Waals surface area contributed by atoms with Crippen LogP contribution in [0.4, 0.5) is 5.82 Å². The lowest BCUT2D eigenvalue weighted by molar-refractivity contribution is 0.0696. The second kappa shape index (κ2) is 5.57. The summed E-state index contributed by atoms with van der Waals surface area (Å²) in [6, 6.07) is 1.76. The lowest BCUT2D eigenvalue weighted by Gasteiger charge is -2.36. The molecule has 1 saturated heterocycles. The number of aliphatic hydroxyl groups excluding tert-OH is 1. The molecule has 1 unspecified atom stereocenters. The van der Waals surface area contributed by atoms with Crippen molar-refractivity contribution < 1.29 is 15.0 Å². The van der Waals surface area contributed by atoms with Crippen molar-refractivity contribution in [1.29, 1.82) is 0 Å². The molecule has 0 aromatic carbocycles. The maximum Gasteiger partial charge on any atom is 0.339 e. The third-order valence-electron chi connectivity index (χ3n) is 3.65. The number of anilines is 1. The van der Waals surface area contributed by atoms with Gasteiger partial charge in [0.25, 0.3) is 0 Å². The van der Waals surface area contributed by atoms with E-state index in [0.29, 0.717) is 5.82 Å². The predicted octanol–water partition coefficient (Wildman–Crippen LogP) is 1.75. The van der Waals surface area contributed by atoms with E-state index < -0.39 is 5.97 Å². The average Bonchev–Trinajstić information content (AvgIpc) is 2.37. The first kappa shape index (κ1) is 13.8. The third kappa shape index (κ3) is 2.71. The molecule has 1 fully saturated rings. The normalized spacial score (nSPS) is 19.5. The molecule has 0 aliphatic carbocycles. The van der Waals surface area contributed by atoms with E-state index in [1.807, 2.05) is 11.8 Å². The molecule has 2 N–H and O–H groups in total. The highest BCUT2D eigenvalue weighted by molar-refractivity contribution is 5.95. The van der Waals surface area contributed by atoms with Crippen LogP contribution < -0.4 is 4.90 Å². The molecule has 2 rings (SSSR count). The van der Waals surface area contributed by atoms with Crippen molar-refractivity contribution in [2.75, 3.05) is 18.1 Å². The number of carboxylic acid groups (broad SMARTS) is 1. The van der Waals surface area contributed by atoms with E-state index >= 15 is 0 Å². The van der Waals surface area contributed by atoms with Crippen molar-refractivity contribution in [3.05, 3.63) is 22.9 Å². The van der Waals surface area contributed by atoms with Gasteiger partial charge in [-0.25, -0.2) is 9.78 Å². The summed E-state index contributed by atoms with van der Waals surface area (Å²) in [6.45, 7) is 4.44. The topological polar surface area (TPSA) is 73.7 Å². The molecule has 0 bridgehead atoms. The second-order valence-corrected chi connectivity index (χ2v) is 5.11. The molecular formula is C14H20N2O3. The summed E-state index contributed by atoms with van der Waals surface area (Å²) in [4.78, 5) is 17.8. The van der Waals surface area contributed by atoms with Crippen LogP contribution in [0.15, 0.2) is 6.07 Å². The summed E-state index contributed by atoms with van der Waals surface area (Å²) < 4.78 is 0. The van der Waals surface area contributed by atoms with Crippen LogP contribution in [0, 0.1) is 13.8 Å². The number of piperidine rings is 1. The number of carbonyl (C=O) groups is 1. The fraction of sp³-hybridized carbons (Fsp3) is 0.571. The summed E-state index contributed by atoms with van der Waals surface area (Å²) >= 11 is 0. The highest BCUT2D eigenvalue weighted by atomic mass is 16.4. The molecule has 1 aliphatic heterocycles. The predicted molar refractivity (Wildman–Crippen MR) is 72.7 cm³/mol. The van der Waals surface area contributed by atoms with Crippen LogP contribution in [-0.4, -0.2) is 40.4 Å². The summed E-state index contributed by atoms with van der Waals surface area (Å²) in [5.74, 6) is -0.453. The molecule has 5 nitrogen and oxygen atoms in total. The van der Waals surface area contributed by atoms with Crippen molar-refractivity contribution in [2.45, 2.75) is 39.2 Å². The van der Waals surface area contributed by atoms with E-state index in [9.17, 15) is 15.0 Å². The number of aryl methyl sites for hydroxylation is 2. The van der Waals surface area contributed by atoms with E-state index in [4.69, 9.17) is 0 Å². The van der Waals surface area contributed by atoms with Crippen molar-refractivity contribution in [2.24, 2.45) is 0 Å². The van der Waals surface area contributed by atoms with Crippen LogP contribution in [0.3, 0.4) is 0 Å². The molecule has 1 aliphatic rings. The minimum atomic E-state index is -0.956. The number of nitrogens with zero attached hydrogens (tertiary/aromatic N) is 2. The summed E-state index contributed by atoms with van der Waals surface area (Å²) in [5, 5.41) is 18.9. The smallest absolute Gasteiger partial charge is 0.339 e. The Balaban J connectivity index is 2.50. The zero-order valence-corrected chi connectivity index (χ0v) is 11.4. The van der Waals surface area contributed by atoms with Crippen molar-refractivity contribution in [1.82, 2.24) is 4.98 Å². The number of pyridine rings is 1. The zero-order chi connectivity index (χ0) is 14.0. The Morgan fingerprint density at radius 2 is 2.21 bits per heavy atom. The van der Waals surface area contributed by atoms with Crippen molar-refractivity contribution >= 4 is 11.8 Å². The van der Waals surface area contributed by atoms with Gasteiger partial charge >= 0.3 is 5.97 Å². The van der Waals surface area contributed by atoms with Gasteiger partial charge in [-0.05, 0) is 44.7 Å². The van der Waals surface area contributed by atoms with Crippen LogP contribution in [0.25, 0.3) is 0 Å². The Bertz CT molecular complexity index is 488. The number of hydrogen-bond donors (Lipinski definition) is 2. The van der Waals surface area contributed by atoms with Gasteiger partial charge in [-0.2, -0.15) is 0 Å². The highest BCUT2D eigenvalue weighted by Crippen LogP contribution is 2.28. The summed E-state index contributed by atoms with van der Waals surface area (Å²) in [7, 11) is 0. The molecule has 104 valence electrons. The average molecular weight is 264 g/mol. The standard InChI is InChI=1S/C14H20N2O3/c1-9-7-10(2)15-13(12(9)14(18)19)16-6-4-3-5-11(16)8-17/h7,11,17H,3-6,8H2,1-2H3,(H,18,19). The lowest BCUT2D eigenvalue weighted by atomic mass is 10.0. The largest absolute Gasteiger partial charge is 0.478 e. The molecular weight excluding hydrogens is 244 g/mol. The van der Waals surface area contributed by atoms with Crippen molar-refractivity contribution in [3.8, 4) is 0 Å². The number of rotatable bonds is 3. The van der Waals surface area contributed by atoms with E-state index in [1.54, 1.807) is 13.0 Å². The molecule has 0 saturated carbocycles. The molecule has 0 amide bonds. The summed E-state index contributed by atoms with van der Waals surface area (Å²) in [6.07, 6.45) is 2.95. The van der Waals surface area contributed by atoms with Gasteiger partial charge in [0, 0.05) is 12.2 Å². The monoisotopic (exact) mass is 264 g/mol. The second-order valence-electron chi connectivity index (χ2n) is 5.11. The van der Waals surface area contributed by atoms with E-state index in [2.05, 4.69) is 4.98 Å². The Hall–Kier alpha value is -1.62. The number of aromatic nitrogens is 1. The van der Waals surface area contributed by atoms with Crippen LogP contribution in [0.2, 0.25) is 0 Å². The van der Waals surface area contributed by atoms with Crippen LogP contribution in [0.1, 0.15) is 40.9 Å². The summed E-state index contributed by atoms with van der Waals surface area (Å²) in [5.41, 5.74) is 1.78. The Morgan fingerprint density at radius 1 is 1.47 bits per heavy atom. The highest BCUT2D eigenvalue weighted by Gasteiger charge is 2.28. The maximum absolute atomic E-state index is 11.5. The van der Waals surface area contributed by atoms with Gasteiger partial charge in [-0.3, -0.25) is 0 Å². The first-order chi connectivity index (χ1) is 9.04. The lowest BCUT2D eigenvalue weighted by Crippen LogP contribution is -2.43. The van der Waals surface area contributed by atoms with Gasteiger partial charge in [0.05, 0.1) is 12.6 Å². The fourth-order valence-electron chi connectivity index (χ4n) is 2.76. The van der Waals surface area contributed by atoms with E-state index in [1.165, 1.54) is 0 Å². The van der Waals surface area contributed by atoms with Gasteiger partial charge in [0.15, 0.2) is 0 Å². The molecule has 2 heterocycles. The molecule has 5 heteroatoms. The van der Waals surface area contributed by atoms with Crippen LogP contribution in [0.5, 0.6) is 0 Å². The zero-order valence-electron chi connectivity index (χ0n) is 11.4. The molecule has 0 spiro atoms. The first-order valence-electron chi connectivity index (χ1n) is 6.63. The Kier molecular flexibility index (Phi) is 4.04. The number of carboxylic acids is 1. The first-order valence-corrected chi connectivity index (χ1v) is 6.63. The quantitative estimate of drug-likeness (QED) is 0.870. The minimum absolute atomic E-state index is 0.0273.